The van der Waals surface area contributed by atoms with Gasteiger partial charge in [-0.15, -0.1) is 0 Å². The molecule has 0 atom stereocenters. The summed E-state index contributed by atoms with van der Waals surface area (Å²) in [6.07, 6.45) is 1.08. The Labute approximate surface area is 169 Å². The maximum absolute atomic E-state index is 12.5. The molecule has 4 rings (SSSR count). The summed E-state index contributed by atoms with van der Waals surface area (Å²) < 4.78 is 5.13. The Balaban J connectivity index is 1.42. The van der Waals surface area contributed by atoms with Crippen LogP contribution in [0, 0.1) is 0 Å². The van der Waals surface area contributed by atoms with Gasteiger partial charge in [-0.1, -0.05) is 41.9 Å². The number of nitrogens with one attached hydrogen (secondary N) is 1. The fourth-order valence-electron chi connectivity index (χ4n) is 3.50. The first-order valence-corrected chi connectivity index (χ1v) is 9.58. The lowest BCUT2D eigenvalue weighted by Gasteiger charge is -2.19. The number of amides is 1. The molecule has 1 heterocycles. The van der Waals surface area contributed by atoms with E-state index >= 15 is 0 Å². The van der Waals surface area contributed by atoms with Crippen LogP contribution in [0.4, 0.5) is 11.4 Å². The van der Waals surface area contributed by atoms with E-state index in [1.807, 2.05) is 24.3 Å². The number of carbonyl (C=O) groups excluding carboxylic acids is 1. The third-order valence-electron chi connectivity index (χ3n) is 4.98. The van der Waals surface area contributed by atoms with Crippen molar-refractivity contribution in [2.45, 2.75) is 13.0 Å². The van der Waals surface area contributed by atoms with Crippen molar-refractivity contribution in [3.63, 3.8) is 0 Å². The molecule has 5 heteroatoms. The van der Waals surface area contributed by atoms with Crippen molar-refractivity contribution >= 4 is 28.9 Å². The summed E-state index contributed by atoms with van der Waals surface area (Å²) >= 11 is 6.12. The van der Waals surface area contributed by atoms with Gasteiger partial charge in [0.15, 0.2) is 0 Å². The Kier molecular flexibility index (Phi) is 5.22. The normalized spacial score (nSPS) is 12.6. The fraction of sp³-hybridized carbons (Fsp3) is 0.174. The van der Waals surface area contributed by atoms with Crippen molar-refractivity contribution in [1.82, 2.24) is 0 Å². The average Bonchev–Trinajstić information content (AvgIpc) is 3.12. The zero-order valence-corrected chi connectivity index (χ0v) is 16.4. The molecule has 0 spiro atoms. The van der Waals surface area contributed by atoms with Gasteiger partial charge in [0.05, 0.1) is 12.1 Å². The van der Waals surface area contributed by atoms with E-state index in [4.69, 9.17) is 16.3 Å². The Morgan fingerprint density at radius 1 is 1.11 bits per heavy atom. The molecule has 0 saturated carbocycles. The molecular formula is C23H21ClN2O2. The van der Waals surface area contributed by atoms with Gasteiger partial charge < -0.3 is 15.0 Å². The largest absolute Gasteiger partial charge is 0.495 e. The van der Waals surface area contributed by atoms with E-state index in [-0.39, 0.29) is 5.91 Å². The summed E-state index contributed by atoms with van der Waals surface area (Å²) in [6, 6.07) is 21.4. The highest BCUT2D eigenvalue weighted by Gasteiger charge is 2.18. The first-order valence-electron chi connectivity index (χ1n) is 9.21. The van der Waals surface area contributed by atoms with Crippen LogP contribution in [0.2, 0.25) is 5.02 Å². The van der Waals surface area contributed by atoms with Crippen LogP contribution in [0.1, 0.15) is 21.5 Å². The van der Waals surface area contributed by atoms with Crippen LogP contribution in [-0.4, -0.2) is 19.6 Å². The minimum Gasteiger partial charge on any atom is -0.495 e. The molecule has 0 aromatic heterocycles. The van der Waals surface area contributed by atoms with E-state index in [0.29, 0.717) is 22.0 Å². The van der Waals surface area contributed by atoms with E-state index in [9.17, 15) is 4.79 Å². The Morgan fingerprint density at radius 2 is 1.89 bits per heavy atom. The molecule has 142 valence electrons. The molecular weight excluding hydrogens is 372 g/mol. The van der Waals surface area contributed by atoms with E-state index in [0.717, 1.165) is 19.5 Å². The second kappa shape index (κ2) is 7.95. The molecule has 28 heavy (non-hydrogen) atoms. The standard InChI is InChI=1S/C23H21ClN2O2/c1-28-22-11-10-19(14-20(22)24)25-23(27)18-8-6-16(7-9-18)15-26-13-12-17-4-2-3-5-21(17)26/h2-11,14H,12-13,15H2,1H3,(H,25,27). The third-order valence-corrected chi connectivity index (χ3v) is 5.28. The third kappa shape index (κ3) is 3.82. The lowest BCUT2D eigenvalue weighted by molar-refractivity contribution is 0.102. The van der Waals surface area contributed by atoms with E-state index < -0.39 is 0 Å². The van der Waals surface area contributed by atoms with Crippen molar-refractivity contribution in [2.75, 3.05) is 23.9 Å². The van der Waals surface area contributed by atoms with Gasteiger partial charge in [-0.3, -0.25) is 4.79 Å². The maximum atomic E-state index is 12.5. The minimum absolute atomic E-state index is 0.167. The lowest BCUT2D eigenvalue weighted by Crippen LogP contribution is -2.19. The van der Waals surface area contributed by atoms with Crippen LogP contribution in [0.5, 0.6) is 5.75 Å². The topological polar surface area (TPSA) is 41.6 Å². The van der Waals surface area contributed by atoms with Crippen LogP contribution in [0.3, 0.4) is 0 Å². The summed E-state index contributed by atoms with van der Waals surface area (Å²) in [5, 5.41) is 3.33. The summed E-state index contributed by atoms with van der Waals surface area (Å²) in [4.78, 5) is 14.9. The molecule has 0 aliphatic carbocycles. The highest BCUT2D eigenvalue weighted by molar-refractivity contribution is 6.32. The van der Waals surface area contributed by atoms with Crippen molar-refractivity contribution in [1.29, 1.82) is 0 Å². The molecule has 0 bridgehead atoms. The molecule has 3 aromatic carbocycles. The maximum Gasteiger partial charge on any atom is 0.255 e. The van der Waals surface area contributed by atoms with E-state index in [1.165, 1.54) is 16.8 Å². The number of halogens is 1. The molecule has 1 N–H and O–H groups in total. The molecule has 1 aliphatic rings. The number of fused-ring (bicyclic) bond motifs is 1. The van der Waals surface area contributed by atoms with Crippen LogP contribution < -0.4 is 15.0 Å². The second-order valence-corrected chi connectivity index (χ2v) is 7.21. The predicted octanol–water partition coefficient (Wildman–Crippen LogP) is 5.16. The van der Waals surface area contributed by atoms with Crippen molar-refractivity contribution in [3.05, 3.63) is 88.4 Å². The number of hydrogen-bond donors (Lipinski definition) is 1. The number of anilines is 2. The van der Waals surface area contributed by atoms with Gasteiger partial charge in [0.1, 0.15) is 5.75 Å². The highest BCUT2D eigenvalue weighted by Crippen LogP contribution is 2.29. The quantitative estimate of drug-likeness (QED) is 0.651. The smallest absolute Gasteiger partial charge is 0.255 e. The fourth-order valence-corrected chi connectivity index (χ4v) is 3.76. The molecule has 0 radical (unpaired) electrons. The van der Waals surface area contributed by atoms with Gasteiger partial charge in [-0.25, -0.2) is 0 Å². The first-order chi connectivity index (χ1) is 13.6. The zero-order chi connectivity index (χ0) is 19.5. The van der Waals surface area contributed by atoms with Crippen molar-refractivity contribution < 1.29 is 9.53 Å². The molecule has 1 aliphatic heterocycles. The Bertz CT molecular complexity index is 1000. The first kappa shape index (κ1) is 18.4. The monoisotopic (exact) mass is 392 g/mol. The summed E-state index contributed by atoms with van der Waals surface area (Å²) in [7, 11) is 1.56. The number of hydrogen-bond acceptors (Lipinski definition) is 3. The van der Waals surface area contributed by atoms with Crippen LogP contribution in [0.15, 0.2) is 66.7 Å². The molecule has 0 unspecified atom stereocenters. The van der Waals surface area contributed by atoms with Crippen LogP contribution in [0.25, 0.3) is 0 Å². The number of ether oxygens (including phenoxy) is 1. The molecule has 0 saturated heterocycles. The second-order valence-electron chi connectivity index (χ2n) is 6.80. The predicted molar refractivity (Wildman–Crippen MR) is 114 cm³/mol. The number of para-hydroxylation sites is 1. The molecule has 1 amide bonds. The van der Waals surface area contributed by atoms with Crippen LogP contribution in [-0.2, 0) is 13.0 Å². The number of methoxy groups -OCH3 is 1. The number of rotatable bonds is 5. The van der Waals surface area contributed by atoms with E-state index in [2.05, 4.69) is 34.5 Å². The number of nitrogens with zero attached hydrogens (tertiary/aromatic N) is 1. The van der Waals surface area contributed by atoms with Gasteiger partial charge in [0, 0.05) is 30.0 Å². The average molecular weight is 393 g/mol. The lowest BCUT2D eigenvalue weighted by atomic mass is 10.1. The SMILES string of the molecule is COc1ccc(NC(=O)c2ccc(CN3CCc4ccccc43)cc2)cc1Cl. The highest BCUT2D eigenvalue weighted by atomic mass is 35.5. The summed E-state index contributed by atoms with van der Waals surface area (Å²) in [5.41, 5.74) is 5.13. The summed E-state index contributed by atoms with van der Waals surface area (Å²) in [5.74, 6) is 0.409. The van der Waals surface area contributed by atoms with Crippen LogP contribution >= 0.6 is 11.6 Å². The van der Waals surface area contributed by atoms with Gasteiger partial charge in [-0.05, 0) is 53.9 Å². The van der Waals surface area contributed by atoms with Gasteiger partial charge in [0.2, 0.25) is 0 Å². The van der Waals surface area contributed by atoms with Crippen molar-refractivity contribution in [3.8, 4) is 5.75 Å². The van der Waals surface area contributed by atoms with Gasteiger partial charge in [-0.2, -0.15) is 0 Å². The zero-order valence-electron chi connectivity index (χ0n) is 15.6. The molecule has 4 nitrogen and oxygen atoms in total. The molecule has 3 aromatic rings. The Morgan fingerprint density at radius 3 is 2.64 bits per heavy atom. The number of benzene rings is 3. The van der Waals surface area contributed by atoms with Crippen molar-refractivity contribution in [2.24, 2.45) is 0 Å². The van der Waals surface area contributed by atoms with E-state index in [1.54, 1.807) is 25.3 Å². The van der Waals surface area contributed by atoms with Gasteiger partial charge >= 0.3 is 0 Å². The Hall–Kier alpha value is -2.98. The molecule has 0 fully saturated rings. The van der Waals surface area contributed by atoms with Gasteiger partial charge in [0.25, 0.3) is 5.91 Å². The minimum atomic E-state index is -0.167. The summed E-state index contributed by atoms with van der Waals surface area (Å²) in [6.45, 7) is 1.87. The number of carbonyl (C=O) groups is 1.